The second-order valence-electron chi connectivity index (χ2n) is 4.29. The molecule has 0 saturated heterocycles. The number of aromatic nitrogens is 2. The molecule has 4 heteroatoms. The molecule has 0 amide bonds. The molecule has 0 fully saturated rings. The van der Waals surface area contributed by atoms with E-state index in [9.17, 15) is 0 Å². The van der Waals surface area contributed by atoms with E-state index in [4.69, 9.17) is 17.3 Å². The highest BCUT2D eigenvalue weighted by molar-refractivity contribution is 6.30. The van der Waals surface area contributed by atoms with Crippen LogP contribution in [-0.4, -0.2) is 9.78 Å². The van der Waals surface area contributed by atoms with Crippen molar-refractivity contribution in [1.82, 2.24) is 9.78 Å². The highest BCUT2D eigenvalue weighted by atomic mass is 35.5. The van der Waals surface area contributed by atoms with E-state index in [-0.39, 0.29) is 6.04 Å². The lowest BCUT2D eigenvalue weighted by molar-refractivity contribution is 0.672. The number of benzene rings is 1. The summed E-state index contributed by atoms with van der Waals surface area (Å²) < 4.78 is 1.78. The van der Waals surface area contributed by atoms with Crippen LogP contribution in [0.1, 0.15) is 22.9 Å². The maximum atomic E-state index is 6.20. The fraction of sp³-hybridized carbons (Fsp3) is 0.308. The zero-order valence-corrected chi connectivity index (χ0v) is 10.8. The van der Waals surface area contributed by atoms with Crippen molar-refractivity contribution < 1.29 is 0 Å². The summed E-state index contributed by atoms with van der Waals surface area (Å²) >= 11 is 5.99. The Morgan fingerprint density at radius 1 is 1.41 bits per heavy atom. The Bertz CT molecular complexity index is 519. The van der Waals surface area contributed by atoms with Crippen LogP contribution in [0, 0.1) is 6.92 Å². The first kappa shape index (κ1) is 12.1. The molecular formula is C13H16ClN3. The van der Waals surface area contributed by atoms with Gasteiger partial charge in [-0.25, -0.2) is 0 Å². The van der Waals surface area contributed by atoms with Crippen molar-refractivity contribution in [2.24, 2.45) is 12.8 Å². The molecular weight excluding hydrogens is 234 g/mol. The lowest BCUT2D eigenvalue weighted by Gasteiger charge is -2.13. The fourth-order valence-electron chi connectivity index (χ4n) is 1.92. The number of nitrogens with zero attached hydrogens (tertiary/aromatic N) is 2. The summed E-state index contributed by atoms with van der Waals surface area (Å²) in [5, 5.41) is 5.06. The van der Waals surface area contributed by atoms with Crippen LogP contribution in [0.2, 0.25) is 5.02 Å². The summed E-state index contributed by atoms with van der Waals surface area (Å²) in [6.45, 7) is 2.05. The molecule has 2 rings (SSSR count). The van der Waals surface area contributed by atoms with Gasteiger partial charge >= 0.3 is 0 Å². The molecule has 0 aliphatic heterocycles. The van der Waals surface area contributed by atoms with Gasteiger partial charge < -0.3 is 5.73 Å². The van der Waals surface area contributed by atoms with Gasteiger partial charge in [-0.2, -0.15) is 5.10 Å². The zero-order chi connectivity index (χ0) is 12.4. The van der Waals surface area contributed by atoms with E-state index < -0.39 is 0 Å². The van der Waals surface area contributed by atoms with Crippen LogP contribution in [0.3, 0.4) is 0 Å². The Kier molecular flexibility index (Phi) is 3.50. The second kappa shape index (κ2) is 4.90. The summed E-state index contributed by atoms with van der Waals surface area (Å²) in [6, 6.07) is 7.73. The molecule has 0 saturated carbocycles. The maximum Gasteiger partial charge on any atom is 0.0643 e. The lowest BCUT2D eigenvalue weighted by atomic mass is 9.98. The SMILES string of the molecule is Cc1ccc(Cl)cc1C(N)Cc1ccn(C)n1. The minimum atomic E-state index is -0.0661. The summed E-state index contributed by atoms with van der Waals surface area (Å²) in [5.41, 5.74) is 9.45. The smallest absolute Gasteiger partial charge is 0.0643 e. The van der Waals surface area contributed by atoms with E-state index in [1.54, 1.807) is 4.68 Å². The van der Waals surface area contributed by atoms with Crippen molar-refractivity contribution in [3.05, 3.63) is 52.3 Å². The summed E-state index contributed by atoms with van der Waals surface area (Å²) in [5.74, 6) is 0. The number of hydrogen-bond acceptors (Lipinski definition) is 2. The van der Waals surface area contributed by atoms with E-state index in [1.165, 1.54) is 0 Å². The topological polar surface area (TPSA) is 43.8 Å². The molecule has 0 aliphatic carbocycles. The van der Waals surface area contributed by atoms with Gasteiger partial charge in [0.15, 0.2) is 0 Å². The van der Waals surface area contributed by atoms with Crippen LogP contribution in [-0.2, 0) is 13.5 Å². The molecule has 0 spiro atoms. The quantitative estimate of drug-likeness (QED) is 0.909. The molecule has 1 atom stereocenters. The van der Waals surface area contributed by atoms with Gasteiger partial charge in [-0.3, -0.25) is 4.68 Å². The highest BCUT2D eigenvalue weighted by Gasteiger charge is 2.11. The molecule has 1 heterocycles. The van der Waals surface area contributed by atoms with Gasteiger partial charge in [0.2, 0.25) is 0 Å². The Morgan fingerprint density at radius 2 is 2.18 bits per heavy atom. The molecule has 2 N–H and O–H groups in total. The fourth-order valence-corrected chi connectivity index (χ4v) is 2.10. The Balaban J connectivity index is 2.19. The third-order valence-electron chi connectivity index (χ3n) is 2.84. The van der Waals surface area contributed by atoms with Crippen LogP contribution in [0.5, 0.6) is 0 Å². The molecule has 17 heavy (non-hydrogen) atoms. The predicted molar refractivity (Wildman–Crippen MR) is 70.0 cm³/mol. The number of nitrogens with two attached hydrogens (primary N) is 1. The van der Waals surface area contributed by atoms with Crippen molar-refractivity contribution in [1.29, 1.82) is 0 Å². The van der Waals surface area contributed by atoms with E-state index >= 15 is 0 Å². The number of hydrogen-bond donors (Lipinski definition) is 1. The van der Waals surface area contributed by atoms with Crippen LogP contribution in [0.25, 0.3) is 0 Å². The van der Waals surface area contributed by atoms with Gasteiger partial charge in [0.05, 0.1) is 5.69 Å². The number of aryl methyl sites for hydroxylation is 2. The zero-order valence-electron chi connectivity index (χ0n) is 10.0. The van der Waals surface area contributed by atoms with Crippen LogP contribution in [0.4, 0.5) is 0 Å². The largest absolute Gasteiger partial charge is 0.324 e. The van der Waals surface area contributed by atoms with E-state index in [0.29, 0.717) is 0 Å². The summed E-state index contributed by atoms with van der Waals surface area (Å²) in [6.07, 6.45) is 2.65. The van der Waals surface area contributed by atoms with Gasteiger partial charge in [0.1, 0.15) is 0 Å². The van der Waals surface area contributed by atoms with Gasteiger partial charge in [0.25, 0.3) is 0 Å². The summed E-state index contributed by atoms with van der Waals surface area (Å²) in [7, 11) is 1.90. The van der Waals surface area contributed by atoms with Gasteiger partial charge in [-0.05, 0) is 36.2 Å². The Morgan fingerprint density at radius 3 is 2.82 bits per heavy atom. The van der Waals surface area contributed by atoms with E-state index in [1.807, 2.05) is 44.4 Å². The van der Waals surface area contributed by atoms with Crippen molar-refractivity contribution in [2.75, 3.05) is 0 Å². The maximum absolute atomic E-state index is 6.20. The van der Waals surface area contributed by atoms with Gasteiger partial charge in [-0.15, -0.1) is 0 Å². The van der Waals surface area contributed by atoms with Gasteiger partial charge in [0, 0.05) is 30.7 Å². The Hall–Kier alpha value is -1.32. The van der Waals surface area contributed by atoms with Crippen LogP contribution >= 0.6 is 11.6 Å². The van der Waals surface area contributed by atoms with Gasteiger partial charge in [-0.1, -0.05) is 17.7 Å². The minimum Gasteiger partial charge on any atom is -0.324 e. The predicted octanol–water partition coefficient (Wildman–Crippen LogP) is 2.62. The van der Waals surface area contributed by atoms with E-state index in [2.05, 4.69) is 5.10 Å². The first-order valence-corrected chi connectivity index (χ1v) is 5.94. The standard InChI is InChI=1S/C13H16ClN3/c1-9-3-4-10(14)7-12(9)13(15)8-11-5-6-17(2)16-11/h3-7,13H,8,15H2,1-2H3. The molecule has 0 radical (unpaired) electrons. The molecule has 90 valence electrons. The molecule has 1 aromatic heterocycles. The first-order chi connectivity index (χ1) is 8.06. The van der Waals surface area contributed by atoms with Crippen LogP contribution < -0.4 is 5.73 Å². The lowest BCUT2D eigenvalue weighted by Crippen LogP contribution is -2.15. The average Bonchev–Trinajstić information content (AvgIpc) is 2.67. The summed E-state index contributed by atoms with van der Waals surface area (Å²) in [4.78, 5) is 0. The average molecular weight is 250 g/mol. The second-order valence-corrected chi connectivity index (χ2v) is 4.73. The normalized spacial score (nSPS) is 12.7. The van der Waals surface area contributed by atoms with Crippen molar-refractivity contribution in [3.8, 4) is 0 Å². The van der Waals surface area contributed by atoms with Crippen molar-refractivity contribution >= 4 is 11.6 Å². The Labute approximate surface area is 106 Å². The molecule has 0 bridgehead atoms. The minimum absolute atomic E-state index is 0.0661. The number of rotatable bonds is 3. The highest BCUT2D eigenvalue weighted by Crippen LogP contribution is 2.22. The molecule has 0 aliphatic rings. The van der Waals surface area contributed by atoms with Crippen molar-refractivity contribution in [3.63, 3.8) is 0 Å². The molecule has 1 aromatic carbocycles. The molecule has 2 aromatic rings. The first-order valence-electron chi connectivity index (χ1n) is 5.56. The van der Waals surface area contributed by atoms with Crippen molar-refractivity contribution in [2.45, 2.75) is 19.4 Å². The number of halogens is 1. The van der Waals surface area contributed by atoms with Crippen LogP contribution in [0.15, 0.2) is 30.5 Å². The molecule has 1 unspecified atom stereocenters. The third-order valence-corrected chi connectivity index (χ3v) is 3.07. The van der Waals surface area contributed by atoms with E-state index in [0.717, 1.165) is 28.3 Å². The monoisotopic (exact) mass is 249 g/mol. The third kappa shape index (κ3) is 2.87. The molecule has 3 nitrogen and oxygen atoms in total.